The van der Waals surface area contributed by atoms with Crippen molar-refractivity contribution in [1.29, 1.82) is 0 Å². The number of rotatable bonds is 4. The minimum atomic E-state index is -4.55. The first-order valence-corrected chi connectivity index (χ1v) is 8.81. The van der Waals surface area contributed by atoms with Crippen LogP contribution in [0.4, 0.5) is 0 Å². The molecule has 0 amide bonds. The average molecular weight is 349 g/mol. The van der Waals surface area contributed by atoms with E-state index in [9.17, 15) is 13.0 Å². The molecule has 1 aliphatic rings. The molecule has 0 aliphatic carbocycles. The summed E-state index contributed by atoms with van der Waals surface area (Å²) in [7, 11) is -3.01. The van der Waals surface area contributed by atoms with Gasteiger partial charge < -0.3 is 18.8 Å². The molecule has 0 spiro atoms. The zero-order chi connectivity index (χ0) is 17.3. The molecule has 1 heterocycles. The lowest BCUT2D eigenvalue weighted by Crippen LogP contribution is -2.31. The summed E-state index contributed by atoms with van der Waals surface area (Å²) in [6, 6.07) is 9.95. The van der Waals surface area contributed by atoms with Crippen molar-refractivity contribution < 1.29 is 27.2 Å². The molecular formula is C17H17O6S-. The topological polar surface area (TPSA) is 84.9 Å². The van der Waals surface area contributed by atoms with E-state index in [1.807, 2.05) is 6.92 Å². The predicted octanol–water partition coefficient (Wildman–Crippen LogP) is 2.29. The van der Waals surface area contributed by atoms with Gasteiger partial charge in [-0.15, -0.1) is 0 Å². The SMILES string of the molecule is COc1cccc2c1O[C@H](Cc1cc(C)ccc1S(=O)(=O)[O-])CO2. The van der Waals surface area contributed by atoms with Crippen LogP contribution >= 0.6 is 0 Å². The van der Waals surface area contributed by atoms with Gasteiger partial charge in [0.05, 0.1) is 12.0 Å². The van der Waals surface area contributed by atoms with E-state index in [1.165, 1.54) is 13.2 Å². The van der Waals surface area contributed by atoms with E-state index < -0.39 is 16.2 Å². The Bertz CT molecular complexity index is 845. The van der Waals surface area contributed by atoms with Gasteiger partial charge in [-0.3, -0.25) is 0 Å². The predicted molar refractivity (Wildman–Crippen MR) is 85.8 cm³/mol. The highest BCUT2D eigenvalue weighted by molar-refractivity contribution is 7.85. The first kappa shape index (κ1) is 16.6. The van der Waals surface area contributed by atoms with Crippen LogP contribution in [0.2, 0.25) is 0 Å². The van der Waals surface area contributed by atoms with Gasteiger partial charge in [0.1, 0.15) is 22.8 Å². The van der Waals surface area contributed by atoms with Crippen molar-refractivity contribution in [3.8, 4) is 17.2 Å². The molecule has 2 aromatic carbocycles. The molecule has 1 atom stereocenters. The number of methoxy groups -OCH3 is 1. The summed E-state index contributed by atoms with van der Waals surface area (Å²) in [4.78, 5) is -0.220. The van der Waals surface area contributed by atoms with Crippen LogP contribution < -0.4 is 14.2 Å². The number of ether oxygens (including phenoxy) is 3. The van der Waals surface area contributed by atoms with E-state index in [1.54, 1.807) is 30.3 Å². The Morgan fingerprint density at radius 1 is 1.29 bits per heavy atom. The molecule has 0 bridgehead atoms. The molecule has 1 aliphatic heterocycles. The van der Waals surface area contributed by atoms with Crippen LogP contribution in [0.1, 0.15) is 11.1 Å². The zero-order valence-electron chi connectivity index (χ0n) is 13.3. The maximum absolute atomic E-state index is 11.5. The summed E-state index contributed by atoms with van der Waals surface area (Å²) in [5.74, 6) is 1.60. The van der Waals surface area contributed by atoms with Gasteiger partial charge in [-0.25, -0.2) is 8.42 Å². The van der Waals surface area contributed by atoms with Crippen LogP contribution in [0.15, 0.2) is 41.3 Å². The molecule has 2 aromatic rings. The smallest absolute Gasteiger partial charge is 0.203 e. The molecule has 0 aromatic heterocycles. The number of para-hydroxylation sites is 1. The molecule has 24 heavy (non-hydrogen) atoms. The Kier molecular flexibility index (Phi) is 4.38. The van der Waals surface area contributed by atoms with Gasteiger partial charge in [0.25, 0.3) is 0 Å². The molecule has 0 N–H and O–H groups in total. The lowest BCUT2D eigenvalue weighted by molar-refractivity contribution is 0.0868. The van der Waals surface area contributed by atoms with Crippen molar-refractivity contribution in [2.24, 2.45) is 0 Å². The Morgan fingerprint density at radius 2 is 2.08 bits per heavy atom. The Balaban J connectivity index is 1.90. The minimum Gasteiger partial charge on any atom is -0.744 e. The quantitative estimate of drug-likeness (QED) is 0.788. The second-order valence-electron chi connectivity index (χ2n) is 5.61. The molecule has 3 rings (SSSR count). The lowest BCUT2D eigenvalue weighted by atomic mass is 10.0. The largest absolute Gasteiger partial charge is 0.744 e. The highest BCUT2D eigenvalue weighted by Gasteiger charge is 2.25. The highest BCUT2D eigenvalue weighted by Crippen LogP contribution is 2.40. The van der Waals surface area contributed by atoms with Crippen LogP contribution in [0, 0.1) is 6.92 Å². The van der Waals surface area contributed by atoms with Crippen LogP contribution in [0.3, 0.4) is 0 Å². The van der Waals surface area contributed by atoms with E-state index in [-0.39, 0.29) is 17.9 Å². The molecule has 0 saturated carbocycles. The minimum absolute atomic E-state index is 0.220. The van der Waals surface area contributed by atoms with Gasteiger partial charge in [0, 0.05) is 6.42 Å². The van der Waals surface area contributed by atoms with Crippen molar-refractivity contribution in [3.05, 3.63) is 47.5 Å². The molecule has 0 saturated heterocycles. The van der Waals surface area contributed by atoms with Gasteiger partial charge in [-0.2, -0.15) is 0 Å². The van der Waals surface area contributed by atoms with Crippen LogP contribution in [-0.4, -0.2) is 32.8 Å². The van der Waals surface area contributed by atoms with Crippen molar-refractivity contribution in [2.45, 2.75) is 24.3 Å². The normalized spacial score (nSPS) is 16.7. The summed E-state index contributed by atoms with van der Waals surface area (Å²) in [6.07, 6.45) is -0.174. The third-order valence-corrected chi connectivity index (χ3v) is 4.74. The third-order valence-electron chi connectivity index (χ3n) is 3.80. The van der Waals surface area contributed by atoms with Gasteiger partial charge in [0.2, 0.25) is 5.75 Å². The van der Waals surface area contributed by atoms with Gasteiger partial charge in [-0.05, 0) is 30.7 Å². The maximum atomic E-state index is 11.5. The summed E-state index contributed by atoms with van der Waals surface area (Å²) in [5.41, 5.74) is 1.30. The fraction of sp³-hybridized carbons (Fsp3) is 0.294. The van der Waals surface area contributed by atoms with Crippen LogP contribution in [0.5, 0.6) is 17.2 Å². The Labute approximate surface area is 140 Å². The molecule has 0 unspecified atom stereocenters. The van der Waals surface area contributed by atoms with Crippen molar-refractivity contribution in [2.75, 3.05) is 13.7 Å². The number of fused-ring (bicyclic) bond motifs is 1. The average Bonchev–Trinajstić information content (AvgIpc) is 2.53. The highest BCUT2D eigenvalue weighted by atomic mass is 32.2. The van der Waals surface area contributed by atoms with Crippen molar-refractivity contribution >= 4 is 10.1 Å². The van der Waals surface area contributed by atoms with E-state index in [0.717, 1.165) is 5.56 Å². The van der Waals surface area contributed by atoms with Gasteiger partial charge >= 0.3 is 0 Å². The first-order valence-electron chi connectivity index (χ1n) is 7.40. The lowest BCUT2D eigenvalue weighted by Gasteiger charge is -2.28. The molecular weight excluding hydrogens is 332 g/mol. The summed E-state index contributed by atoms with van der Waals surface area (Å²) < 4.78 is 51.2. The molecule has 0 fully saturated rings. The van der Waals surface area contributed by atoms with Gasteiger partial charge in [-0.1, -0.05) is 23.8 Å². The number of benzene rings is 2. The number of aryl methyl sites for hydroxylation is 1. The summed E-state index contributed by atoms with van der Waals surface area (Å²) in [5, 5.41) is 0. The second-order valence-corrected chi connectivity index (χ2v) is 6.96. The number of hydrogen-bond donors (Lipinski definition) is 0. The third kappa shape index (κ3) is 3.32. The summed E-state index contributed by atoms with van der Waals surface area (Å²) in [6.45, 7) is 2.09. The molecule has 0 radical (unpaired) electrons. The zero-order valence-corrected chi connectivity index (χ0v) is 14.1. The molecule has 6 nitrogen and oxygen atoms in total. The van der Waals surface area contributed by atoms with E-state index in [2.05, 4.69) is 0 Å². The fourth-order valence-electron chi connectivity index (χ4n) is 2.73. The van der Waals surface area contributed by atoms with Crippen molar-refractivity contribution in [3.63, 3.8) is 0 Å². The van der Waals surface area contributed by atoms with E-state index in [0.29, 0.717) is 22.8 Å². The maximum Gasteiger partial charge on any atom is 0.203 e. The van der Waals surface area contributed by atoms with Gasteiger partial charge in [0.15, 0.2) is 11.5 Å². The molecule has 128 valence electrons. The second kappa shape index (κ2) is 6.33. The first-order chi connectivity index (χ1) is 11.4. The van der Waals surface area contributed by atoms with Crippen molar-refractivity contribution in [1.82, 2.24) is 0 Å². The van der Waals surface area contributed by atoms with Crippen LogP contribution in [0.25, 0.3) is 0 Å². The summed E-state index contributed by atoms with van der Waals surface area (Å²) >= 11 is 0. The molecule has 7 heteroatoms. The Hall–Kier alpha value is -2.25. The van der Waals surface area contributed by atoms with E-state index in [4.69, 9.17) is 14.2 Å². The monoisotopic (exact) mass is 349 g/mol. The fourth-order valence-corrected chi connectivity index (χ4v) is 3.43. The number of hydrogen-bond acceptors (Lipinski definition) is 6. The standard InChI is InChI=1S/C17H18O6S/c1-11-6-7-16(24(18,19)20)12(8-11)9-13-10-22-15-5-3-4-14(21-2)17(15)23-13/h3-8,13H,9-10H2,1-2H3,(H,18,19,20)/p-1/t13-/m1/s1. The van der Waals surface area contributed by atoms with Crippen LogP contribution in [-0.2, 0) is 16.5 Å². The van der Waals surface area contributed by atoms with E-state index >= 15 is 0 Å². The Morgan fingerprint density at radius 3 is 2.79 bits per heavy atom.